The second kappa shape index (κ2) is 6.36. The summed E-state index contributed by atoms with van der Waals surface area (Å²) in [5.41, 5.74) is 6.38. The monoisotopic (exact) mass is 271 g/mol. The number of nitrogens with two attached hydrogens (primary N) is 1. The number of carbonyl (C=O) groups excluding carboxylic acids is 1. The zero-order chi connectivity index (χ0) is 13.6. The quantitative estimate of drug-likeness (QED) is 0.710. The Hall–Kier alpha value is -1.60. The summed E-state index contributed by atoms with van der Waals surface area (Å²) in [7, 11) is -3.28. The number of carbonyl (C=O) groups is 1. The predicted molar refractivity (Wildman–Crippen MR) is 71.8 cm³/mol. The molecular weight excluding hydrogens is 254 g/mol. The molecule has 0 saturated heterocycles. The van der Waals surface area contributed by atoms with Gasteiger partial charge in [-0.15, -0.1) is 0 Å². The minimum Gasteiger partial charge on any atom is -0.330 e. The third-order valence-corrected chi connectivity index (χ3v) is 2.69. The van der Waals surface area contributed by atoms with Gasteiger partial charge in [-0.1, -0.05) is 0 Å². The standard InChI is InChI=1S/C11H17N3O3S/c1-18(16,17)14-10-6-4-9(5-7-10)13-11(15)3-2-8-12/h4-7,14H,2-3,8,12H2,1H3,(H,13,15). The van der Waals surface area contributed by atoms with E-state index in [0.717, 1.165) is 6.26 Å². The van der Waals surface area contributed by atoms with E-state index in [4.69, 9.17) is 5.73 Å². The molecule has 0 heterocycles. The third kappa shape index (κ3) is 5.65. The molecule has 0 spiro atoms. The molecule has 1 aromatic carbocycles. The number of amides is 1. The minimum absolute atomic E-state index is 0.107. The van der Waals surface area contributed by atoms with Gasteiger partial charge in [-0.2, -0.15) is 0 Å². The SMILES string of the molecule is CS(=O)(=O)Nc1ccc(NC(=O)CCCN)cc1. The van der Waals surface area contributed by atoms with E-state index in [1.165, 1.54) is 0 Å². The molecular formula is C11H17N3O3S. The first-order valence-corrected chi connectivity index (χ1v) is 7.37. The van der Waals surface area contributed by atoms with Crippen LogP contribution in [0.15, 0.2) is 24.3 Å². The van der Waals surface area contributed by atoms with E-state index < -0.39 is 10.0 Å². The molecule has 0 unspecified atom stereocenters. The van der Waals surface area contributed by atoms with E-state index in [0.29, 0.717) is 30.8 Å². The van der Waals surface area contributed by atoms with Crippen LogP contribution in [0.5, 0.6) is 0 Å². The maximum Gasteiger partial charge on any atom is 0.229 e. The Morgan fingerprint density at radius 2 is 1.78 bits per heavy atom. The second-order valence-corrected chi connectivity index (χ2v) is 5.64. The summed E-state index contributed by atoms with van der Waals surface area (Å²) < 4.78 is 24.3. The van der Waals surface area contributed by atoms with Crippen LogP contribution in [0.2, 0.25) is 0 Å². The van der Waals surface area contributed by atoms with Crippen LogP contribution >= 0.6 is 0 Å². The van der Waals surface area contributed by atoms with Crippen molar-refractivity contribution in [2.24, 2.45) is 5.73 Å². The fraction of sp³-hybridized carbons (Fsp3) is 0.364. The van der Waals surface area contributed by atoms with Gasteiger partial charge in [0.25, 0.3) is 0 Å². The summed E-state index contributed by atoms with van der Waals surface area (Å²) in [5, 5.41) is 2.70. The molecule has 0 aromatic heterocycles. The summed E-state index contributed by atoms with van der Waals surface area (Å²) in [6.07, 6.45) is 2.09. The topological polar surface area (TPSA) is 101 Å². The van der Waals surface area contributed by atoms with E-state index in [1.54, 1.807) is 24.3 Å². The lowest BCUT2D eigenvalue weighted by Crippen LogP contribution is -2.13. The van der Waals surface area contributed by atoms with E-state index in [2.05, 4.69) is 10.0 Å². The van der Waals surface area contributed by atoms with Gasteiger partial charge in [-0.25, -0.2) is 8.42 Å². The average Bonchev–Trinajstić information content (AvgIpc) is 2.27. The van der Waals surface area contributed by atoms with Gasteiger partial charge in [-0.3, -0.25) is 9.52 Å². The fourth-order valence-corrected chi connectivity index (χ4v) is 1.89. The Balaban J connectivity index is 2.58. The number of rotatable bonds is 6. The van der Waals surface area contributed by atoms with Gasteiger partial charge >= 0.3 is 0 Å². The molecule has 6 nitrogen and oxygen atoms in total. The smallest absolute Gasteiger partial charge is 0.229 e. The Labute approximate surface area is 107 Å². The van der Waals surface area contributed by atoms with Crippen LogP contribution in [0.25, 0.3) is 0 Å². The molecule has 100 valence electrons. The highest BCUT2D eigenvalue weighted by atomic mass is 32.2. The fourth-order valence-electron chi connectivity index (χ4n) is 1.32. The molecule has 7 heteroatoms. The Morgan fingerprint density at radius 1 is 1.22 bits per heavy atom. The lowest BCUT2D eigenvalue weighted by atomic mass is 10.2. The summed E-state index contributed by atoms with van der Waals surface area (Å²) in [6.45, 7) is 0.477. The van der Waals surface area contributed by atoms with Crippen molar-refractivity contribution in [3.63, 3.8) is 0 Å². The number of hydrogen-bond donors (Lipinski definition) is 3. The van der Waals surface area contributed by atoms with Gasteiger partial charge in [-0.05, 0) is 37.2 Å². The molecule has 0 saturated carbocycles. The van der Waals surface area contributed by atoms with Gasteiger partial charge in [0.05, 0.1) is 6.26 Å². The van der Waals surface area contributed by atoms with Crippen molar-refractivity contribution in [2.75, 3.05) is 22.8 Å². The minimum atomic E-state index is -3.28. The number of nitrogens with one attached hydrogen (secondary N) is 2. The first kappa shape index (κ1) is 14.5. The molecule has 0 fully saturated rings. The number of sulfonamides is 1. The van der Waals surface area contributed by atoms with Crippen LogP contribution in [0.1, 0.15) is 12.8 Å². The van der Waals surface area contributed by atoms with Crippen LogP contribution in [0.4, 0.5) is 11.4 Å². The second-order valence-electron chi connectivity index (χ2n) is 3.89. The highest BCUT2D eigenvalue weighted by Crippen LogP contribution is 2.14. The van der Waals surface area contributed by atoms with Gasteiger partial charge in [0.2, 0.25) is 15.9 Å². The Morgan fingerprint density at radius 3 is 2.28 bits per heavy atom. The molecule has 18 heavy (non-hydrogen) atoms. The molecule has 1 aromatic rings. The lowest BCUT2D eigenvalue weighted by molar-refractivity contribution is -0.116. The van der Waals surface area contributed by atoms with Crippen molar-refractivity contribution >= 4 is 27.3 Å². The highest BCUT2D eigenvalue weighted by Gasteiger charge is 2.03. The van der Waals surface area contributed by atoms with Crippen LogP contribution in [0, 0.1) is 0 Å². The number of anilines is 2. The molecule has 0 aliphatic heterocycles. The first-order chi connectivity index (χ1) is 8.40. The zero-order valence-electron chi connectivity index (χ0n) is 10.1. The largest absolute Gasteiger partial charge is 0.330 e. The predicted octanol–water partition coefficient (Wildman–Crippen LogP) is 0.735. The van der Waals surface area contributed by atoms with Crippen molar-refractivity contribution in [2.45, 2.75) is 12.8 Å². The normalized spacial score (nSPS) is 11.0. The molecule has 4 N–H and O–H groups in total. The van der Waals surface area contributed by atoms with Gasteiger partial charge in [0.15, 0.2) is 0 Å². The number of hydrogen-bond acceptors (Lipinski definition) is 4. The number of benzene rings is 1. The molecule has 0 aliphatic carbocycles. The van der Waals surface area contributed by atoms with Crippen molar-refractivity contribution < 1.29 is 13.2 Å². The van der Waals surface area contributed by atoms with Crippen molar-refractivity contribution in [1.29, 1.82) is 0 Å². The molecule has 1 amide bonds. The molecule has 0 aliphatic rings. The van der Waals surface area contributed by atoms with E-state index >= 15 is 0 Å². The van der Waals surface area contributed by atoms with Crippen molar-refractivity contribution in [3.05, 3.63) is 24.3 Å². The third-order valence-electron chi connectivity index (χ3n) is 2.08. The van der Waals surface area contributed by atoms with E-state index in [-0.39, 0.29) is 5.91 Å². The van der Waals surface area contributed by atoms with Crippen LogP contribution in [-0.4, -0.2) is 27.1 Å². The molecule has 0 radical (unpaired) electrons. The molecule has 0 atom stereocenters. The van der Waals surface area contributed by atoms with Crippen molar-refractivity contribution in [3.8, 4) is 0 Å². The van der Waals surface area contributed by atoms with E-state index in [9.17, 15) is 13.2 Å². The lowest BCUT2D eigenvalue weighted by Gasteiger charge is -2.07. The summed E-state index contributed by atoms with van der Waals surface area (Å²) >= 11 is 0. The molecule has 1 rings (SSSR count). The van der Waals surface area contributed by atoms with Crippen LogP contribution < -0.4 is 15.8 Å². The van der Waals surface area contributed by atoms with Gasteiger partial charge in [0, 0.05) is 17.8 Å². The highest BCUT2D eigenvalue weighted by molar-refractivity contribution is 7.92. The van der Waals surface area contributed by atoms with Gasteiger partial charge < -0.3 is 11.1 Å². The van der Waals surface area contributed by atoms with Crippen LogP contribution in [-0.2, 0) is 14.8 Å². The van der Waals surface area contributed by atoms with E-state index in [1.807, 2.05) is 0 Å². The molecule has 0 bridgehead atoms. The Kier molecular flexibility index (Phi) is 5.11. The first-order valence-electron chi connectivity index (χ1n) is 5.48. The summed E-state index contributed by atoms with van der Waals surface area (Å²) in [6, 6.07) is 6.43. The Bertz CT molecular complexity index is 497. The maximum atomic E-state index is 11.4. The zero-order valence-corrected chi connectivity index (χ0v) is 11.0. The average molecular weight is 271 g/mol. The maximum absolute atomic E-state index is 11.4. The van der Waals surface area contributed by atoms with Crippen molar-refractivity contribution in [1.82, 2.24) is 0 Å². The summed E-state index contributed by atoms with van der Waals surface area (Å²) in [4.78, 5) is 11.4. The van der Waals surface area contributed by atoms with Gasteiger partial charge in [0.1, 0.15) is 0 Å². The van der Waals surface area contributed by atoms with Crippen LogP contribution in [0.3, 0.4) is 0 Å². The summed E-state index contributed by atoms with van der Waals surface area (Å²) in [5.74, 6) is -0.107.